The minimum Gasteiger partial charge on any atom is -0.357 e. The summed E-state index contributed by atoms with van der Waals surface area (Å²) in [5.41, 5.74) is 1.79. The van der Waals surface area contributed by atoms with E-state index in [1.807, 2.05) is 25.1 Å². The zero-order chi connectivity index (χ0) is 15.9. The van der Waals surface area contributed by atoms with Crippen LogP contribution in [0.25, 0.3) is 10.2 Å². The summed E-state index contributed by atoms with van der Waals surface area (Å²) in [6.45, 7) is 1.96. The Morgan fingerprint density at radius 2 is 2.23 bits per heavy atom. The molecule has 0 bridgehead atoms. The van der Waals surface area contributed by atoms with E-state index < -0.39 is 15.2 Å². The fourth-order valence-electron chi connectivity index (χ4n) is 2.39. The molecule has 1 aliphatic heterocycles. The summed E-state index contributed by atoms with van der Waals surface area (Å²) >= 11 is 12.9. The number of fused-ring (bicyclic) bond motifs is 1. The lowest BCUT2D eigenvalue weighted by Crippen LogP contribution is -2.42. The molecule has 9 heteroatoms. The van der Waals surface area contributed by atoms with Crippen molar-refractivity contribution < 1.29 is 8.42 Å². The molecule has 1 aliphatic rings. The fourth-order valence-corrected chi connectivity index (χ4v) is 6.08. The summed E-state index contributed by atoms with van der Waals surface area (Å²) in [6, 6.07) is 5.42. The highest BCUT2D eigenvalue weighted by Crippen LogP contribution is 2.25. The number of hydrogen-bond acceptors (Lipinski definition) is 5. The summed E-state index contributed by atoms with van der Waals surface area (Å²) in [6.07, 6.45) is 0. The molecule has 0 aliphatic carbocycles. The van der Waals surface area contributed by atoms with Crippen LogP contribution in [-0.2, 0) is 9.84 Å². The molecule has 0 unspecified atom stereocenters. The molecule has 0 saturated carbocycles. The molecule has 0 amide bonds. The van der Waals surface area contributed by atoms with Crippen LogP contribution in [0.1, 0.15) is 5.01 Å². The van der Waals surface area contributed by atoms with Gasteiger partial charge in [0, 0.05) is 5.69 Å². The molecule has 1 fully saturated rings. The average Bonchev–Trinajstić information content (AvgIpc) is 2.87. The van der Waals surface area contributed by atoms with Crippen LogP contribution in [0.15, 0.2) is 18.2 Å². The van der Waals surface area contributed by atoms with Crippen LogP contribution in [0.2, 0.25) is 0 Å². The predicted octanol–water partition coefficient (Wildman–Crippen LogP) is 2.30. The van der Waals surface area contributed by atoms with Gasteiger partial charge in [0.05, 0.1) is 38.1 Å². The number of halogens is 1. The van der Waals surface area contributed by atoms with E-state index >= 15 is 0 Å². The fraction of sp³-hybridized carbons (Fsp3) is 0.385. The van der Waals surface area contributed by atoms with E-state index in [4.69, 9.17) is 23.8 Å². The highest BCUT2D eigenvalue weighted by Gasteiger charge is 2.36. The van der Waals surface area contributed by atoms with Crippen molar-refractivity contribution in [1.82, 2.24) is 10.3 Å². The number of hydrogen-bond donors (Lipinski definition) is 2. The first-order valence-corrected chi connectivity index (χ1v) is 10.1. The Hall–Kier alpha value is -0.960. The van der Waals surface area contributed by atoms with Gasteiger partial charge in [-0.2, -0.15) is 0 Å². The first-order valence-electron chi connectivity index (χ1n) is 6.62. The molecule has 1 saturated heterocycles. The van der Waals surface area contributed by atoms with Gasteiger partial charge in [-0.1, -0.05) is 0 Å². The Bertz CT molecular complexity index is 834. The van der Waals surface area contributed by atoms with Crippen LogP contribution >= 0.6 is 35.2 Å². The first kappa shape index (κ1) is 15.9. The lowest BCUT2D eigenvalue weighted by atomic mass is 10.2. The van der Waals surface area contributed by atoms with Gasteiger partial charge in [0.1, 0.15) is 0 Å². The van der Waals surface area contributed by atoms with Gasteiger partial charge in [0.2, 0.25) is 0 Å². The summed E-state index contributed by atoms with van der Waals surface area (Å²) in [4.78, 5) is 4.40. The van der Waals surface area contributed by atoms with Crippen molar-refractivity contribution in [2.45, 2.75) is 18.3 Å². The van der Waals surface area contributed by atoms with Gasteiger partial charge in [-0.15, -0.1) is 22.9 Å². The molecule has 5 nitrogen and oxygen atoms in total. The number of nitrogens with one attached hydrogen (secondary N) is 2. The van der Waals surface area contributed by atoms with Crippen molar-refractivity contribution in [1.29, 1.82) is 0 Å². The van der Waals surface area contributed by atoms with E-state index in [-0.39, 0.29) is 17.5 Å². The highest BCUT2D eigenvalue weighted by molar-refractivity contribution is 7.91. The van der Waals surface area contributed by atoms with Gasteiger partial charge in [-0.3, -0.25) is 0 Å². The number of thiazole rings is 1. The molecule has 2 heterocycles. The number of benzene rings is 1. The zero-order valence-electron chi connectivity index (χ0n) is 11.7. The van der Waals surface area contributed by atoms with E-state index in [9.17, 15) is 8.42 Å². The van der Waals surface area contributed by atoms with Crippen LogP contribution in [0.3, 0.4) is 0 Å². The van der Waals surface area contributed by atoms with Crippen molar-refractivity contribution in [3.05, 3.63) is 23.2 Å². The Kier molecular flexibility index (Phi) is 4.28. The Labute approximate surface area is 143 Å². The predicted molar refractivity (Wildman–Crippen MR) is 95.8 cm³/mol. The highest BCUT2D eigenvalue weighted by atomic mass is 35.5. The molecule has 2 N–H and O–H groups in total. The quantitative estimate of drug-likeness (QED) is 0.620. The van der Waals surface area contributed by atoms with E-state index in [1.54, 1.807) is 11.3 Å². The molecule has 0 radical (unpaired) electrons. The van der Waals surface area contributed by atoms with Crippen molar-refractivity contribution in [3.8, 4) is 0 Å². The number of alkyl halides is 1. The van der Waals surface area contributed by atoms with Gasteiger partial charge in [-0.25, -0.2) is 13.4 Å². The maximum Gasteiger partial charge on any atom is 0.171 e. The standard InChI is InChI=1S/C13H14ClN3O2S3/c1-7-15-10-3-2-8(4-12(10)21-7)16-13(20)17-11-6-22(18,19)5-9(11)14/h2-4,9,11H,5-6H2,1H3,(H2,16,17,20)/t9-,11-/m1/s1. The molecule has 118 valence electrons. The summed E-state index contributed by atoms with van der Waals surface area (Å²) < 4.78 is 24.2. The average molecular weight is 376 g/mol. The monoisotopic (exact) mass is 375 g/mol. The number of sulfone groups is 1. The number of aryl methyl sites for hydroxylation is 1. The topological polar surface area (TPSA) is 71.1 Å². The lowest BCUT2D eigenvalue weighted by molar-refractivity contribution is 0.600. The van der Waals surface area contributed by atoms with Gasteiger partial charge in [0.15, 0.2) is 14.9 Å². The molecular weight excluding hydrogens is 362 g/mol. The first-order chi connectivity index (χ1) is 10.3. The molecule has 22 heavy (non-hydrogen) atoms. The summed E-state index contributed by atoms with van der Waals surface area (Å²) in [5.74, 6) is -0.00298. The Morgan fingerprint density at radius 3 is 2.91 bits per heavy atom. The van der Waals surface area contributed by atoms with Crippen LogP contribution in [0.5, 0.6) is 0 Å². The molecular formula is C13H14ClN3O2S3. The van der Waals surface area contributed by atoms with Crippen molar-refractivity contribution in [2.24, 2.45) is 0 Å². The minimum atomic E-state index is -3.08. The number of nitrogens with zero attached hydrogens (tertiary/aromatic N) is 1. The largest absolute Gasteiger partial charge is 0.357 e. The second-order valence-corrected chi connectivity index (χ2v) is 9.57. The van der Waals surface area contributed by atoms with E-state index in [0.29, 0.717) is 5.11 Å². The molecule has 0 spiro atoms. The van der Waals surface area contributed by atoms with Crippen molar-refractivity contribution >= 4 is 66.0 Å². The third-order valence-corrected chi connectivity index (χ3v) is 6.88. The van der Waals surface area contributed by atoms with E-state index in [0.717, 1.165) is 20.9 Å². The van der Waals surface area contributed by atoms with Crippen molar-refractivity contribution in [2.75, 3.05) is 16.8 Å². The summed E-state index contributed by atoms with van der Waals surface area (Å²) in [7, 11) is -3.08. The Morgan fingerprint density at radius 1 is 1.45 bits per heavy atom. The van der Waals surface area contributed by atoms with Crippen LogP contribution in [0.4, 0.5) is 5.69 Å². The zero-order valence-corrected chi connectivity index (χ0v) is 14.9. The molecule has 3 rings (SSSR count). The SMILES string of the molecule is Cc1nc2ccc(NC(=S)N[C@@H]3CS(=O)(=O)C[C@H]3Cl)cc2s1. The third-order valence-electron chi connectivity index (χ3n) is 3.35. The van der Waals surface area contributed by atoms with Gasteiger partial charge in [-0.05, 0) is 37.3 Å². The number of anilines is 1. The van der Waals surface area contributed by atoms with Gasteiger partial charge >= 0.3 is 0 Å². The minimum absolute atomic E-state index is 0.00998. The lowest BCUT2D eigenvalue weighted by Gasteiger charge is -2.17. The van der Waals surface area contributed by atoms with Gasteiger partial charge in [0.25, 0.3) is 0 Å². The van der Waals surface area contributed by atoms with Crippen LogP contribution in [0, 0.1) is 6.92 Å². The second kappa shape index (κ2) is 5.92. The summed E-state index contributed by atoms with van der Waals surface area (Å²) in [5, 5.41) is 6.96. The van der Waals surface area contributed by atoms with Crippen LogP contribution in [-0.4, -0.2) is 41.4 Å². The van der Waals surface area contributed by atoms with E-state index in [1.165, 1.54) is 0 Å². The maximum atomic E-state index is 11.5. The third kappa shape index (κ3) is 3.51. The molecule has 1 aromatic heterocycles. The number of rotatable bonds is 2. The second-order valence-electron chi connectivity index (χ2n) is 5.21. The van der Waals surface area contributed by atoms with Crippen molar-refractivity contribution in [3.63, 3.8) is 0 Å². The smallest absolute Gasteiger partial charge is 0.171 e. The van der Waals surface area contributed by atoms with Crippen LogP contribution < -0.4 is 10.6 Å². The van der Waals surface area contributed by atoms with Gasteiger partial charge < -0.3 is 10.6 Å². The Balaban J connectivity index is 1.68. The van der Waals surface area contributed by atoms with E-state index in [2.05, 4.69) is 15.6 Å². The molecule has 1 aromatic carbocycles. The maximum absolute atomic E-state index is 11.5. The number of thiocarbonyl (C=S) groups is 1. The molecule has 2 aromatic rings. The molecule has 2 atom stereocenters. The number of aromatic nitrogens is 1. The normalized spacial score (nSPS) is 23.5.